The van der Waals surface area contributed by atoms with Crippen molar-refractivity contribution in [1.29, 1.82) is 0 Å². The van der Waals surface area contributed by atoms with Crippen LogP contribution in [0.4, 0.5) is 5.95 Å². The Labute approximate surface area is 95.3 Å². The molecule has 0 amide bonds. The van der Waals surface area contributed by atoms with Crippen LogP contribution in [-0.4, -0.2) is 23.1 Å². The lowest BCUT2D eigenvalue weighted by atomic mass is 10.2. The minimum Gasteiger partial charge on any atom is -0.354 e. The molecule has 15 heavy (non-hydrogen) atoms. The summed E-state index contributed by atoms with van der Waals surface area (Å²) in [4.78, 5) is 8.08. The number of aromatic nitrogens is 2. The molecule has 0 radical (unpaired) electrons. The van der Waals surface area contributed by atoms with E-state index < -0.39 is 0 Å². The summed E-state index contributed by atoms with van der Waals surface area (Å²) in [6, 6.07) is 0. The lowest BCUT2D eigenvalue weighted by Crippen LogP contribution is -2.05. The van der Waals surface area contributed by atoms with Crippen molar-refractivity contribution in [3.8, 4) is 0 Å². The van der Waals surface area contributed by atoms with Gasteiger partial charge in [0, 0.05) is 6.54 Å². The molecule has 1 aromatic heterocycles. The number of nitrogens with zero attached hydrogens (tertiary/aromatic N) is 2. The topological polar surface area (TPSA) is 63.8 Å². The number of anilines is 1. The number of nitrogens with one attached hydrogen (secondary N) is 1. The van der Waals surface area contributed by atoms with Crippen LogP contribution in [0.3, 0.4) is 0 Å². The normalized spacial score (nSPS) is 10.3. The molecule has 4 nitrogen and oxygen atoms in total. The number of rotatable bonds is 7. The van der Waals surface area contributed by atoms with Crippen molar-refractivity contribution in [2.45, 2.75) is 25.7 Å². The first-order chi connectivity index (χ1) is 7.33. The van der Waals surface area contributed by atoms with Crippen LogP contribution in [0.15, 0.2) is 12.4 Å². The number of hydrogen-bond acceptors (Lipinski definition) is 4. The van der Waals surface area contributed by atoms with Crippen molar-refractivity contribution in [1.82, 2.24) is 9.97 Å². The van der Waals surface area contributed by atoms with E-state index in [4.69, 9.17) is 17.3 Å². The molecule has 0 spiro atoms. The maximum Gasteiger partial charge on any atom is 0.222 e. The van der Waals surface area contributed by atoms with Crippen LogP contribution in [0.2, 0.25) is 5.02 Å². The molecule has 0 saturated heterocycles. The zero-order valence-electron chi connectivity index (χ0n) is 8.75. The number of halogens is 1. The fourth-order valence-electron chi connectivity index (χ4n) is 1.23. The quantitative estimate of drug-likeness (QED) is 0.702. The molecule has 0 atom stereocenters. The molecule has 0 saturated carbocycles. The molecule has 84 valence electrons. The van der Waals surface area contributed by atoms with Crippen LogP contribution in [-0.2, 0) is 0 Å². The van der Waals surface area contributed by atoms with Crippen molar-refractivity contribution >= 4 is 17.5 Å². The Bertz CT molecular complexity index is 263. The molecule has 1 aromatic rings. The van der Waals surface area contributed by atoms with Gasteiger partial charge in [0.05, 0.1) is 17.4 Å². The van der Waals surface area contributed by atoms with Crippen LogP contribution in [0.1, 0.15) is 25.7 Å². The van der Waals surface area contributed by atoms with Crippen LogP contribution in [0.5, 0.6) is 0 Å². The molecule has 0 aliphatic rings. The van der Waals surface area contributed by atoms with Gasteiger partial charge in [-0.05, 0) is 19.4 Å². The summed E-state index contributed by atoms with van der Waals surface area (Å²) in [6.45, 7) is 1.68. The van der Waals surface area contributed by atoms with Gasteiger partial charge in [-0.15, -0.1) is 0 Å². The molecule has 0 aliphatic carbocycles. The summed E-state index contributed by atoms with van der Waals surface area (Å²) < 4.78 is 0. The number of hydrogen-bond donors (Lipinski definition) is 2. The Morgan fingerprint density at radius 1 is 1.13 bits per heavy atom. The molecule has 1 heterocycles. The monoisotopic (exact) mass is 228 g/mol. The first-order valence-electron chi connectivity index (χ1n) is 5.24. The number of nitrogens with two attached hydrogens (primary N) is 1. The number of unbranched alkanes of at least 4 members (excludes halogenated alkanes) is 3. The van der Waals surface area contributed by atoms with Gasteiger partial charge in [0.1, 0.15) is 0 Å². The summed E-state index contributed by atoms with van der Waals surface area (Å²) in [6.07, 6.45) is 7.79. The van der Waals surface area contributed by atoms with E-state index in [1.54, 1.807) is 12.4 Å². The largest absolute Gasteiger partial charge is 0.354 e. The maximum absolute atomic E-state index is 5.67. The molecule has 5 heteroatoms. The van der Waals surface area contributed by atoms with Crippen LogP contribution < -0.4 is 11.1 Å². The Hall–Kier alpha value is -0.870. The van der Waals surface area contributed by atoms with E-state index in [0.29, 0.717) is 11.0 Å². The molecule has 3 N–H and O–H groups in total. The molecule has 0 bridgehead atoms. The fraction of sp³-hybridized carbons (Fsp3) is 0.600. The summed E-state index contributed by atoms with van der Waals surface area (Å²) in [7, 11) is 0. The molecule has 1 rings (SSSR count). The van der Waals surface area contributed by atoms with Crippen molar-refractivity contribution in [2.75, 3.05) is 18.4 Å². The van der Waals surface area contributed by atoms with E-state index in [-0.39, 0.29) is 0 Å². The van der Waals surface area contributed by atoms with Gasteiger partial charge in [-0.2, -0.15) is 0 Å². The second-order valence-corrected chi connectivity index (χ2v) is 3.79. The van der Waals surface area contributed by atoms with E-state index >= 15 is 0 Å². The Morgan fingerprint density at radius 3 is 2.47 bits per heavy atom. The highest BCUT2D eigenvalue weighted by atomic mass is 35.5. The molecule has 0 aliphatic heterocycles. The highest BCUT2D eigenvalue weighted by Gasteiger charge is 1.94. The molecule has 0 aromatic carbocycles. The average Bonchev–Trinajstić information content (AvgIpc) is 2.26. The minimum absolute atomic E-state index is 0.559. The second-order valence-electron chi connectivity index (χ2n) is 3.35. The van der Waals surface area contributed by atoms with Gasteiger partial charge in [0.25, 0.3) is 0 Å². The van der Waals surface area contributed by atoms with Crippen molar-refractivity contribution in [3.63, 3.8) is 0 Å². The van der Waals surface area contributed by atoms with E-state index in [1.165, 1.54) is 12.8 Å². The summed E-state index contributed by atoms with van der Waals surface area (Å²) in [5.74, 6) is 0.637. The lowest BCUT2D eigenvalue weighted by molar-refractivity contribution is 0.660. The van der Waals surface area contributed by atoms with Crippen LogP contribution in [0, 0.1) is 0 Å². The average molecular weight is 229 g/mol. The highest BCUT2D eigenvalue weighted by molar-refractivity contribution is 6.30. The van der Waals surface area contributed by atoms with E-state index in [9.17, 15) is 0 Å². The highest BCUT2D eigenvalue weighted by Crippen LogP contribution is 2.06. The minimum atomic E-state index is 0.559. The Kier molecular flexibility index (Phi) is 6.04. The maximum atomic E-state index is 5.67. The Balaban J connectivity index is 2.07. The van der Waals surface area contributed by atoms with Crippen molar-refractivity contribution in [2.24, 2.45) is 5.73 Å². The van der Waals surface area contributed by atoms with Gasteiger partial charge in [-0.25, -0.2) is 9.97 Å². The molecule has 0 fully saturated rings. The van der Waals surface area contributed by atoms with Gasteiger partial charge in [0.2, 0.25) is 5.95 Å². The SMILES string of the molecule is NCCCCCCNc1ncc(Cl)cn1. The van der Waals surface area contributed by atoms with Gasteiger partial charge in [-0.3, -0.25) is 0 Å². The van der Waals surface area contributed by atoms with Crippen LogP contribution >= 0.6 is 11.6 Å². The predicted molar refractivity (Wildman–Crippen MR) is 63.1 cm³/mol. The van der Waals surface area contributed by atoms with Crippen LogP contribution in [0.25, 0.3) is 0 Å². The third kappa shape index (κ3) is 5.54. The van der Waals surface area contributed by atoms with Crippen molar-refractivity contribution < 1.29 is 0 Å². The van der Waals surface area contributed by atoms with Crippen molar-refractivity contribution in [3.05, 3.63) is 17.4 Å². The van der Waals surface area contributed by atoms with Gasteiger partial charge in [-0.1, -0.05) is 24.4 Å². The summed E-state index contributed by atoms with van der Waals surface area (Å²) in [5.41, 5.74) is 5.40. The molecule has 0 unspecified atom stereocenters. The third-order valence-corrected chi connectivity index (χ3v) is 2.23. The second kappa shape index (κ2) is 7.43. The first kappa shape index (κ1) is 12.2. The predicted octanol–water partition coefficient (Wildman–Crippen LogP) is 2.06. The van der Waals surface area contributed by atoms with E-state index in [0.717, 1.165) is 25.9 Å². The Morgan fingerprint density at radius 2 is 1.80 bits per heavy atom. The zero-order valence-corrected chi connectivity index (χ0v) is 9.50. The summed E-state index contributed by atoms with van der Waals surface area (Å²) >= 11 is 5.67. The standard InChI is InChI=1S/C10H17ClN4/c11-9-7-14-10(15-8-9)13-6-4-2-1-3-5-12/h7-8H,1-6,12H2,(H,13,14,15). The first-order valence-corrected chi connectivity index (χ1v) is 5.62. The zero-order chi connectivity index (χ0) is 10.9. The lowest BCUT2D eigenvalue weighted by Gasteiger charge is -2.03. The third-order valence-electron chi connectivity index (χ3n) is 2.03. The van der Waals surface area contributed by atoms with E-state index in [2.05, 4.69) is 15.3 Å². The van der Waals surface area contributed by atoms with Gasteiger partial charge >= 0.3 is 0 Å². The fourth-order valence-corrected chi connectivity index (χ4v) is 1.32. The molecular weight excluding hydrogens is 212 g/mol. The van der Waals surface area contributed by atoms with Gasteiger partial charge < -0.3 is 11.1 Å². The smallest absolute Gasteiger partial charge is 0.222 e. The molecular formula is C10H17ClN4. The van der Waals surface area contributed by atoms with E-state index in [1.807, 2.05) is 0 Å². The van der Waals surface area contributed by atoms with Gasteiger partial charge in [0.15, 0.2) is 0 Å². The summed E-state index contributed by atoms with van der Waals surface area (Å²) in [5, 5.41) is 3.70.